The summed E-state index contributed by atoms with van der Waals surface area (Å²) in [6.45, 7) is 5.56. The van der Waals surface area contributed by atoms with Crippen LogP contribution in [0.1, 0.15) is 51.4 Å². The summed E-state index contributed by atoms with van der Waals surface area (Å²) in [7, 11) is 0. The fourth-order valence-electron chi connectivity index (χ4n) is 5.10. The van der Waals surface area contributed by atoms with Crippen LogP contribution in [0.3, 0.4) is 0 Å². The van der Waals surface area contributed by atoms with Crippen molar-refractivity contribution in [1.82, 2.24) is 10.2 Å². The molecule has 1 amide bonds. The minimum Gasteiger partial charge on any atom is -0.397 e. The molecule has 4 rings (SSSR count). The fourth-order valence-corrected chi connectivity index (χ4v) is 5.10. The molecular weight excluding hydrogens is 360 g/mol. The molecule has 5 heteroatoms. The number of hydrogen-bond donors (Lipinski definition) is 2. The molecule has 5 nitrogen and oxygen atoms in total. The number of rotatable bonds is 6. The van der Waals surface area contributed by atoms with E-state index in [-0.39, 0.29) is 5.91 Å². The molecule has 1 aromatic rings. The molecule has 3 N–H and O–H groups in total. The van der Waals surface area contributed by atoms with Gasteiger partial charge in [-0.2, -0.15) is 0 Å². The van der Waals surface area contributed by atoms with Crippen molar-refractivity contribution in [1.29, 1.82) is 0 Å². The normalized spacial score (nSPS) is 25.7. The topological polar surface area (TPSA) is 61.6 Å². The van der Waals surface area contributed by atoms with Gasteiger partial charge in [0.2, 0.25) is 5.91 Å². The first-order chi connectivity index (χ1) is 14.2. The van der Waals surface area contributed by atoms with E-state index in [1.165, 1.54) is 31.5 Å². The zero-order chi connectivity index (χ0) is 20.1. The summed E-state index contributed by atoms with van der Waals surface area (Å²) in [6, 6.07) is 8.58. The van der Waals surface area contributed by atoms with E-state index in [4.69, 9.17) is 5.73 Å². The van der Waals surface area contributed by atoms with E-state index in [2.05, 4.69) is 33.3 Å². The molecule has 2 aliphatic carbocycles. The van der Waals surface area contributed by atoms with Gasteiger partial charge in [-0.15, -0.1) is 0 Å². The van der Waals surface area contributed by atoms with Gasteiger partial charge in [-0.1, -0.05) is 18.2 Å². The number of carbonyl (C=O) groups is 1. The zero-order valence-electron chi connectivity index (χ0n) is 17.6. The van der Waals surface area contributed by atoms with E-state index in [1.54, 1.807) is 0 Å². The first-order valence-electron chi connectivity index (χ1n) is 11.5. The summed E-state index contributed by atoms with van der Waals surface area (Å²) >= 11 is 0. The lowest BCUT2D eigenvalue weighted by atomic mass is 9.84. The summed E-state index contributed by atoms with van der Waals surface area (Å²) in [5, 5.41) is 3.28. The summed E-state index contributed by atoms with van der Waals surface area (Å²) in [5.74, 6) is 1.01. The van der Waals surface area contributed by atoms with Crippen LogP contribution in [0.2, 0.25) is 0 Å². The number of carbonyl (C=O) groups excluding carboxylic acids is 1. The Morgan fingerprint density at radius 2 is 1.83 bits per heavy atom. The van der Waals surface area contributed by atoms with E-state index in [0.29, 0.717) is 6.04 Å². The van der Waals surface area contributed by atoms with Crippen molar-refractivity contribution in [2.75, 3.05) is 43.4 Å². The van der Waals surface area contributed by atoms with Crippen molar-refractivity contribution in [3.05, 3.63) is 35.9 Å². The van der Waals surface area contributed by atoms with Gasteiger partial charge in [-0.3, -0.25) is 9.69 Å². The molecule has 158 valence electrons. The predicted molar refractivity (Wildman–Crippen MR) is 120 cm³/mol. The number of nitrogens with two attached hydrogens (primary N) is 1. The lowest BCUT2D eigenvalue weighted by molar-refractivity contribution is -0.118. The summed E-state index contributed by atoms with van der Waals surface area (Å²) in [5.41, 5.74) is 9.22. The maximum Gasteiger partial charge on any atom is 0.247 e. The Hall–Kier alpha value is -2.01. The Morgan fingerprint density at radius 1 is 1.07 bits per heavy atom. The largest absolute Gasteiger partial charge is 0.397 e. The van der Waals surface area contributed by atoms with Gasteiger partial charge in [0.15, 0.2) is 0 Å². The van der Waals surface area contributed by atoms with Gasteiger partial charge < -0.3 is 16.0 Å². The van der Waals surface area contributed by atoms with E-state index < -0.39 is 0 Å². The molecule has 1 saturated heterocycles. The molecule has 0 unspecified atom stereocenters. The van der Waals surface area contributed by atoms with Crippen LogP contribution >= 0.6 is 0 Å². The lowest BCUT2D eigenvalue weighted by Crippen LogP contribution is -2.47. The van der Waals surface area contributed by atoms with Crippen LogP contribution in [0.4, 0.5) is 11.4 Å². The van der Waals surface area contributed by atoms with Crippen LogP contribution in [0.5, 0.6) is 0 Å². The molecule has 1 aliphatic heterocycles. The van der Waals surface area contributed by atoms with E-state index in [1.807, 2.05) is 12.1 Å². The first-order valence-corrected chi connectivity index (χ1v) is 11.5. The minimum absolute atomic E-state index is 0.197. The zero-order valence-corrected chi connectivity index (χ0v) is 17.6. The molecule has 0 radical (unpaired) electrons. The Morgan fingerprint density at radius 3 is 2.52 bits per heavy atom. The highest BCUT2D eigenvalue weighted by Gasteiger charge is 2.25. The average molecular weight is 397 g/mol. The van der Waals surface area contributed by atoms with E-state index in [0.717, 1.165) is 75.5 Å². The van der Waals surface area contributed by atoms with Gasteiger partial charge in [0.25, 0.3) is 0 Å². The van der Waals surface area contributed by atoms with Crippen LogP contribution in [-0.4, -0.2) is 49.6 Å². The highest BCUT2D eigenvalue weighted by atomic mass is 16.1. The molecule has 0 spiro atoms. The number of nitrogens with zero attached hydrogens (tertiary/aromatic N) is 2. The third kappa shape index (κ3) is 5.33. The molecule has 0 atom stereocenters. The van der Waals surface area contributed by atoms with Gasteiger partial charge in [0.05, 0.1) is 11.4 Å². The fraction of sp³-hybridized carbons (Fsp3) is 0.625. The van der Waals surface area contributed by atoms with E-state index >= 15 is 0 Å². The van der Waals surface area contributed by atoms with Crippen LogP contribution in [-0.2, 0) is 4.79 Å². The Kier molecular flexibility index (Phi) is 6.75. The quantitative estimate of drug-likeness (QED) is 0.722. The molecule has 3 aliphatic rings. The maximum absolute atomic E-state index is 12.3. The second-order valence-electron chi connectivity index (χ2n) is 8.99. The van der Waals surface area contributed by atoms with Crippen molar-refractivity contribution in [3.8, 4) is 0 Å². The van der Waals surface area contributed by atoms with Gasteiger partial charge in [0, 0.05) is 37.8 Å². The van der Waals surface area contributed by atoms with Gasteiger partial charge >= 0.3 is 0 Å². The smallest absolute Gasteiger partial charge is 0.247 e. The van der Waals surface area contributed by atoms with Crippen molar-refractivity contribution < 1.29 is 4.79 Å². The maximum atomic E-state index is 12.3. The van der Waals surface area contributed by atoms with Gasteiger partial charge in [-0.25, -0.2) is 0 Å². The SMILES string of the molecule is Nc1ccccc1N1CCN(CCC2CCC(NC(=O)C3=CCCC3)CC2)CC1. The minimum atomic E-state index is 0.197. The van der Waals surface area contributed by atoms with Crippen molar-refractivity contribution in [2.24, 2.45) is 5.92 Å². The Bertz CT molecular complexity index is 715. The summed E-state index contributed by atoms with van der Waals surface area (Å²) < 4.78 is 0. The number of hydrogen-bond acceptors (Lipinski definition) is 4. The van der Waals surface area contributed by atoms with Crippen molar-refractivity contribution in [3.63, 3.8) is 0 Å². The second kappa shape index (κ2) is 9.66. The third-order valence-corrected chi connectivity index (χ3v) is 7.02. The Balaban J connectivity index is 1.13. The number of nitrogens with one attached hydrogen (secondary N) is 1. The van der Waals surface area contributed by atoms with E-state index in [9.17, 15) is 4.79 Å². The van der Waals surface area contributed by atoms with Crippen molar-refractivity contribution in [2.45, 2.75) is 57.4 Å². The first kappa shape index (κ1) is 20.3. The number of anilines is 2. The molecule has 0 bridgehead atoms. The highest BCUT2D eigenvalue weighted by molar-refractivity contribution is 5.93. The number of amides is 1. The number of allylic oxidation sites excluding steroid dienone is 1. The molecule has 2 fully saturated rings. The number of piperazine rings is 1. The monoisotopic (exact) mass is 396 g/mol. The molecular formula is C24H36N4O. The number of nitrogen functional groups attached to an aromatic ring is 1. The molecule has 0 aromatic heterocycles. The van der Waals surface area contributed by atoms with Crippen LogP contribution < -0.4 is 16.0 Å². The van der Waals surface area contributed by atoms with Crippen LogP contribution in [0.25, 0.3) is 0 Å². The summed E-state index contributed by atoms with van der Waals surface area (Å²) in [4.78, 5) is 17.3. The Labute approximate surface area is 175 Å². The highest BCUT2D eigenvalue weighted by Crippen LogP contribution is 2.28. The van der Waals surface area contributed by atoms with Gasteiger partial charge in [0.1, 0.15) is 0 Å². The molecule has 1 heterocycles. The summed E-state index contributed by atoms with van der Waals surface area (Å²) in [6.07, 6.45) is 11.4. The third-order valence-electron chi connectivity index (χ3n) is 7.02. The van der Waals surface area contributed by atoms with Crippen molar-refractivity contribution >= 4 is 17.3 Å². The van der Waals surface area contributed by atoms with Crippen LogP contribution in [0, 0.1) is 5.92 Å². The van der Waals surface area contributed by atoms with Gasteiger partial charge in [-0.05, 0) is 76.0 Å². The predicted octanol–water partition coefficient (Wildman–Crippen LogP) is 3.57. The number of benzene rings is 1. The van der Waals surface area contributed by atoms with Crippen LogP contribution in [0.15, 0.2) is 35.9 Å². The second-order valence-corrected chi connectivity index (χ2v) is 8.99. The lowest BCUT2D eigenvalue weighted by Gasteiger charge is -2.37. The molecule has 29 heavy (non-hydrogen) atoms. The standard InChI is InChI=1S/C24H36N4O/c25-22-7-3-4-8-23(22)28-17-15-27(16-18-28)14-13-19-9-11-21(12-10-19)26-24(29)20-5-1-2-6-20/h3-5,7-8,19,21H,1-2,6,9-18,25H2,(H,26,29). The average Bonchev–Trinajstić information content (AvgIpc) is 3.29. The molecule has 1 saturated carbocycles. The molecule has 1 aromatic carbocycles. The number of para-hydroxylation sites is 2.